The molecule has 1 rings (SSSR count). The van der Waals surface area contributed by atoms with Crippen LogP contribution in [0.3, 0.4) is 0 Å². The van der Waals surface area contributed by atoms with Crippen LogP contribution in [0.15, 0.2) is 12.1 Å². The highest BCUT2D eigenvalue weighted by Crippen LogP contribution is 2.30. The van der Waals surface area contributed by atoms with Gasteiger partial charge in [-0.15, -0.1) is 0 Å². The first kappa shape index (κ1) is 13.4. The summed E-state index contributed by atoms with van der Waals surface area (Å²) in [6.45, 7) is 4.24. The molecule has 0 radical (unpaired) electrons. The van der Waals surface area contributed by atoms with Crippen LogP contribution in [0.5, 0.6) is 5.75 Å². The summed E-state index contributed by atoms with van der Waals surface area (Å²) >= 11 is 4.29. The van der Waals surface area contributed by atoms with E-state index in [1.807, 2.05) is 7.05 Å². The van der Waals surface area contributed by atoms with Crippen LogP contribution in [0, 0.1) is 13.8 Å². The van der Waals surface area contributed by atoms with E-state index in [0.717, 1.165) is 17.9 Å². The summed E-state index contributed by atoms with van der Waals surface area (Å²) in [4.78, 5) is 0. The van der Waals surface area contributed by atoms with E-state index in [9.17, 15) is 0 Å². The van der Waals surface area contributed by atoms with E-state index >= 15 is 0 Å². The van der Waals surface area contributed by atoms with Crippen LogP contribution in [0.2, 0.25) is 0 Å². The zero-order valence-corrected chi connectivity index (χ0v) is 11.4. The molecular weight excluding hydrogens is 218 g/mol. The Bertz CT molecular complexity index is 352. The van der Waals surface area contributed by atoms with Gasteiger partial charge in [-0.25, -0.2) is 0 Å². The zero-order chi connectivity index (χ0) is 12.1. The second-order valence-electron chi connectivity index (χ2n) is 4.03. The fraction of sp³-hybridized carbons (Fsp3) is 0.538. The molecule has 0 spiro atoms. The van der Waals surface area contributed by atoms with Gasteiger partial charge in [0.1, 0.15) is 5.75 Å². The van der Waals surface area contributed by atoms with Crippen molar-refractivity contribution in [2.24, 2.45) is 0 Å². The Morgan fingerprint density at radius 1 is 1.31 bits per heavy atom. The van der Waals surface area contributed by atoms with Crippen LogP contribution in [-0.4, -0.2) is 19.9 Å². The fourth-order valence-electron chi connectivity index (χ4n) is 1.85. The van der Waals surface area contributed by atoms with Gasteiger partial charge in [0.25, 0.3) is 0 Å². The number of benzene rings is 1. The van der Waals surface area contributed by atoms with Crippen LogP contribution in [0.25, 0.3) is 0 Å². The molecule has 2 nitrogen and oxygen atoms in total. The first-order valence-corrected chi connectivity index (χ1v) is 6.20. The molecule has 0 fully saturated rings. The molecule has 0 bridgehead atoms. The maximum absolute atomic E-state index is 5.45. The number of ether oxygens (including phenoxy) is 1. The van der Waals surface area contributed by atoms with Crippen molar-refractivity contribution >= 4 is 12.6 Å². The lowest BCUT2D eigenvalue weighted by atomic mass is 9.98. The average Bonchev–Trinajstić information content (AvgIpc) is 2.29. The Balaban J connectivity index is 3.13. The topological polar surface area (TPSA) is 21.3 Å². The SMILES string of the molecule is CNC(CCS)c1cc(C)c(C)cc1OC. The Morgan fingerprint density at radius 2 is 1.94 bits per heavy atom. The highest BCUT2D eigenvalue weighted by Gasteiger charge is 2.14. The quantitative estimate of drug-likeness (QED) is 0.771. The smallest absolute Gasteiger partial charge is 0.123 e. The predicted molar refractivity (Wildman–Crippen MR) is 72.7 cm³/mol. The summed E-state index contributed by atoms with van der Waals surface area (Å²) < 4.78 is 5.45. The monoisotopic (exact) mass is 239 g/mol. The van der Waals surface area contributed by atoms with Gasteiger partial charge < -0.3 is 10.1 Å². The number of hydrogen-bond donors (Lipinski definition) is 2. The standard InChI is InChI=1S/C13H21NOS/c1-9-7-11(12(14-3)5-6-16)13(15-4)8-10(9)2/h7-8,12,14,16H,5-6H2,1-4H3. The first-order chi connectivity index (χ1) is 7.63. The number of aryl methyl sites for hydroxylation is 2. The second kappa shape index (κ2) is 6.16. The number of methoxy groups -OCH3 is 1. The van der Waals surface area contributed by atoms with Crippen LogP contribution in [0.1, 0.15) is 29.2 Å². The molecule has 1 N–H and O–H groups in total. The molecule has 0 aliphatic heterocycles. The molecule has 1 aromatic carbocycles. The molecule has 0 aromatic heterocycles. The molecule has 0 amide bonds. The summed E-state index contributed by atoms with van der Waals surface area (Å²) in [6.07, 6.45) is 0.998. The van der Waals surface area contributed by atoms with Crippen molar-refractivity contribution in [3.8, 4) is 5.75 Å². The van der Waals surface area contributed by atoms with E-state index in [-0.39, 0.29) is 0 Å². The molecule has 0 heterocycles. The van der Waals surface area contributed by atoms with E-state index in [2.05, 4.69) is 43.9 Å². The minimum absolute atomic E-state index is 0.312. The van der Waals surface area contributed by atoms with Crippen molar-refractivity contribution in [1.82, 2.24) is 5.32 Å². The number of rotatable bonds is 5. The van der Waals surface area contributed by atoms with Gasteiger partial charge in [0, 0.05) is 11.6 Å². The molecule has 1 aromatic rings. The minimum atomic E-state index is 0.312. The van der Waals surface area contributed by atoms with Crippen LogP contribution >= 0.6 is 12.6 Å². The van der Waals surface area contributed by atoms with Gasteiger partial charge in [-0.1, -0.05) is 6.07 Å². The fourth-order valence-corrected chi connectivity index (χ4v) is 2.10. The molecular formula is C13H21NOS. The van der Waals surface area contributed by atoms with E-state index in [0.29, 0.717) is 6.04 Å². The Morgan fingerprint density at radius 3 is 2.44 bits per heavy atom. The Labute approximate surface area is 104 Å². The zero-order valence-electron chi connectivity index (χ0n) is 10.5. The average molecular weight is 239 g/mol. The highest BCUT2D eigenvalue weighted by molar-refractivity contribution is 7.80. The summed E-state index contributed by atoms with van der Waals surface area (Å²) in [5.74, 6) is 1.82. The van der Waals surface area contributed by atoms with Crippen molar-refractivity contribution in [2.45, 2.75) is 26.3 Å². The number of hydrogen-bond acceptors (Lipinski definition) is 3. The molecule has 0 saturated carbocycles. The molecule has 0 aliphatic rings. The number of nitrogens with one attached hydrogen (secondary N) is 1. The van der Waals surface area contributed by atoms with Crippen molar-refractivity contribution in [2.75, 3.05) is 19.9 Å². The van der Waals surface area contributed by atoms with Crippen molar-refractivity contribution < 1.29 is 4.74 Å². The normalized spacial score (nSPS) is 12.6. The van der Waals surface area contributed by atoms with Crippen molar-refractivity contribution in [3.05, 3.63) is 28.8 Å². The van der Waals surface area contributed by atoms with Crippen molar-refractivity contribution in [1.29, 1.82) is 0 Å². The first-order valence-electron chi connectivity index (χ1n) is 5.57. The molecule has 1 atom stereocenters. The lowest BCUT2D eigenvalue weighted by Gasteiger charge is -2.20. The summed E-state index contributed by atoms with van der Waals surface area (Å²) in [6, 6.07) is 4.62. The van der Waals surface area contributed by atoms with E-state index in [1.165, 1.54) is 16.7 Å². The highest BCUT2D eigenvalue weighted by atomic mass is 32.1. The summed E-state index contributed by atoms with van der Waals surface area (Å²) in [5.41, 5.74) is 3.79. The van der Waals surface area contributed by atoms with Crippen LogP contribution in [-0.2, 0) is 0 Å². The van der Waals surface area contributed by atoms with Crippen LogP contribution < -0.4 is 10.1 Å². The van der Waals surface area contributed by atoms with Gasteiger partial charge in [0.15, 0.2) is 0 Å². The molecule has 16 heavy (non-hydrogen) atoms. The lowest BCUT2D eigenvalue weighted by molar-refractivity contribution is 0.400. The van der Waals surface area contributed by atoms with E-state index in [4.69, 9.17) is 4.74 Å². The van der Waals surface area contributed by atoms with Crippen LogP contribution in [0.4, 0.5) is 0 Å². The van der Waals surface area contributed by atoms with Gasteiger partial charge >= 0.3 is 0 Å². The third-order valence-electron chi connectivity index (χ3n) is 2.99. The van der Waals surface area contributed by atoms with E-state index in [1.54, 1.807) is 7.11 Å². The largest absolute Gasteiger partial charge is 0.496 e. The minimum Gasteiger partial charge on any atom is -0.496 e. The van der Waals surface area contributed by atoms with Crippen molar-refractivity contribution in [3.63, 3.8) is 0 Å². The molecule has 90 valence electrons. The summed E-state index contributed by atoms with van der Waals surface area (Å²) in [5, 5.41) is 3.31. The Kier molecular flexibility index (Phi) is 5.16. The maximum Gasteiger partial charge on any atom is 0.123 e. The van der Waals surface area contributed by atoms with Gasteiger partial charge in [-0.2, -0.15) is 12.6 Å². The molecule has 0 aliphatic carbocycles. The third kappa shape index (κ3) is 2.92. The van der Waals surface area contributed by atoms with Gasteiger partial charge in [-0.3, -0.25) is 0 Å². The number of thiol groups is 1. The second-order valence-corrected chi connectivity index (χ2v) is 4.48. The van der Waals surface area contributed by atoms with E-state index < -0.39 is 0 Å². The maximum atomic E-state index is 5.45. The molecule has 1 unspecified atom stereocenters. The molecule has 0 saturated heterocycles. The Hall–Kier alpha value is -0.670. The summed E-state index contributed by atoms with van der Waals surface area (Å²) in [7, 11) is 3.70. The van der Waals surface area contributed by atoms with Gasteiger partial charge in [0.05, 0.1) is 7.11 Å². The van der Waals surface area contributed by atoms with Gasteiger partial charge in [0.2, 0.25) is 0 Å². The third-order valence-corrected chi connectivity index (χ3v) is 3.25. The molecule has 3 heteroatoms. The predicted octanol–water partition coefficient (Wildman–Crippen LogP) is 2.89. The van der Waals surface area contributed by atoms with Gasteiger partial charge in [-0.05, 0) is 50.3 Å². The lowest BCUT2D eigenvalue weighted by Crippen LogP contribution is -2.18.